The van der Waals surface area contributed by atoms with E-state index in [1.54, 1.807) is 0 Å². The molecule has 0 aromatic heterocycles. The third-order valence-electron chi connectivity index (χ3n) is 3.54. The van der Waals surface area contributed by atoms with E-state index in [-0.39, 0.29) is 24.5 Å². The van der Waals surface area contributed by atoms with Gasteiger partial charge in [0.05, 0.1) is 6.42 Å². The molecule has 2 rings (SSSR count). The Bertz CT molecular complexity index is 782. The van der Waals surface area contributed by atoms with Crippen LogP contribution >= 0.6 is 0 Å². The van der Waals surface area contributed by atoms with E-state index >= 15 is 0 Å². The van der Waals surface area contributed by atoms with Crippen LogP contribution in [0.25, 0.3) is 6.08 Å². The summed E-state index contributed by atoms with van der Waals surface area (Å²) in [6.07, 6.45) is 2.22. The number of rotatable bonds is 4. The summed E-state index contributed by atoms with van der Waals surface area (Å²) in [4.78, 5) is 48.1. The number of carbonyl (C=O) groups is 4. The van der Waals surface area contributed by atoms with Crippen LogP contribution in [0.3, 0.4) is 0 Å². The number of nitrogens with zero attached hydrogens (tertiary/aromatic N) is 1. The Labute approximate surface area is 148 Å². The topological polar surface area (TPSA) is 130 Å². The second-order valence-electron chi connectivity index (χ2n) is 5.57. The molecule has 0 aliphatic carbocycles. The highest BCUT2D eigenvalue weighted by atomic mass is 16.7. The van der Waals surface area contributed by atoms with Crippen LogP contribution in [-0.4, -0.2) is 51.2 Å². The molecule has 26 heavy (non-hydrogen) atoms. The molecule has 138 valence electrons. The monoisotopic (exact) mass is 363 g/mol. The Balaban J connectivity index is 2.18. The maximum atomic E-state index is 12.5. The molecule has 9 heteroatoms. The summed E-state index contributed by atoms with van der Waals surface area (Å²) in [6.45, 7) is 2.00. The molecule has 0 unspecified atom stereocenters. The van der Waals surface area contributed by atoms with Crippen LogP contribution in [-0.2, 0) is 28.7 Å². The smallest absolute Gasteiger partial charge is 0.338 e. The Hall–Kier alpha value is -3.36. The summed E-state index contributed by atoms with van der Waals surface area (Å²) < 4.78 is 9.77. The van der Waals surface area contributed by atoms with E-state index in [9.17, 15) is 29.4 Å². The van der Waals surface area contributed by atoms with Crippen molar-refractivity contribution in [2.75, 3.05) is 6.54 Å². The van der Waals surface area contributed by atoms with E-state index in [2.05, 4.69) is 0 Å². The SMILES string of the molecule is CC(=O)OC1(OC(C)=O)CCN(C(=O)/C=C/c2ccc(O)c(O)c2)C1=O. The first-order valence-corrected chi connectivity index (χ1v) is 7.60. The van der Waals surface area contributed by atoms with Crippen LogP contribution in [0.15, 0.2) is 24.3 Å². The summed E-state index contributed by atoms with van der Waals surface area (Å²) in [5.74, 6) is -6.14. The van der Waals surface area contributed by atoms with Gasteiger partial charge in [-0.15, -0.1) is 0 Å². The van der Waals surface area contributed by atoms with E-state index < -0.39 is 29.5 Å². The number of amides is 2. The molecule has 0 atom stereocenters. The zero-order chi connectivity index (χ0) is 19.5. The number of phenolic OH excluding ortho intramolecular Hbond substituents is 2. The molecule has 1 saturated heterocycles. The molecule has 1 aliphatic heterocycles. The fourth-order valence-corrected chi connectivity index (χ4v) is 2.46. The number of hydrogen-bond acceptors (Lipinski definition) is 8. The largest absolute Gasteiger partial charge is 0.504 e. The number of imide groups is 1. The van der Waals surface area contributed by atoms with E-state index in [0.29, 0.717) is 5.56 Å². The van der Waals surface area contributed by atoms with Gasteiger partial charge >= 0.3 is 23.6 Å². The lowest BCUT2D eigenvalue weighted by Gasteiger charge is -2.25. The first-order valence-electron chi connectivity index (χ1n) is 7.60. The Morgan fingerprint density at radius 1 is 1.12 bits per heavy atom. The van der Waals surface area contributed by atoms with Gasteiger partial charge in [-0.25, -0.2) is 0 Å². The average Bonchev–Trinajstić information content (AvgIpc) is 2.83. The first-order chi connectivity index (χ1) is 12.1. The number of carbonyl (C=O) groups excluding carboxylic acids is 4. The van der Waals surface area contributed by atoms with Gasteiger partial charge in [0.15, 0.2) is 11.5 Å². The number of likely N-dealkylation sites (tertiary alicyclic amines) is 1. The van der Waals surface area contributed by atoms with Gasteiger partial charge in [0, 0.05) is 26.5 Å². The van der Waals surface area contributed by atoms with E-state index in [0.717, 1.165) is 24.8 Å². The maximum absolute atomic E-state index is 12.5. The fraction of sp³-hybridized carbons (Fsp3) is 0.294. The molecule has 0 bridgehead atoms. The van der Waals surface area contributed by atoms with Gasteiger partial charge in [-0.05, 0) is 23.8 Å². The minimum Gasteiger partial charge on any atom is -0.504 e. The average molecular weight is 363 g/mol. The Morgan fingerprint density at radius 2 is 1.73 bits per heavy atom. The fourth-order valence-electron chi connectivity index (χ4n) is 2.46. The van der Waals surface area contributed by atoms with Crippen molar-refractivity contribution in [3.63, 3.8) is 0 Å². The lowest BCUT2D eigenvalue weighted by atomic mass is 10.2. The zero-order valence-electron chi connectivity index (χ0n) is 14.1. The van der Waals surface area contributed by atoms with Crippen LogP contribution in [0.4, 0.5) is 0 Å². The number of aromatic hydroxyl groups is 2. The molecule has 1 aliphatic rings. The molecule has 0 saturated carbocycles. The van der Waals surface area contributed by atoms with Crippen molar-refractivity contribution in [3.8, 4) is 11.5 Å². The predicted octanol–water partition coefficient (Wildman–Crippen LogP) is 0.692. The van der Waals surface area contributed by atoms with E-state index in [4.69, 9.17) is 9.47 Å². The van der Waals surface area contributed by atoms with E-state index in [1.807, 2.05) is 0 Å². The summed E-state index contributed by atoms with van der Waals surface area (Å²) in [5.41, 5.74) is 0.409. The van der Waals surface area contributed by atoms with Gasteiger partial charge in [0.1, 0.15) is 0 Å². The number of hydrogen-bond donors (Lipinski definition) is 2. The zero-order valence-corrected chi connectivity index (χ0v) is 14.1. The summed E-state index contributed by atoms with van der Waals surface area (Å²) >= 11 is 0. The Kier molecular flexibility index (Phi) is 5.30. The molecule has 2 N–H and O–H groups in total. The first kappa shape index (κ1) is 19.0. The second-order valence-corrected chi connectivity index (χ2v) is 5.57. The molecule has 1 fully saturated rings. The highest BCUT2D eigenvalue weighted by molar-refractivity contribution is 6.07. The summed E-state index contributed by atoms with van der Waals surface area (Å²) in [6, 6.07) is 3.92. The van der Waals surface area contributed by atoms with Crippen molar-refractivity contribution < 1.29 is 38.9 Å². The standard InChI is InChI=1S/C17H17NO8/c1-10(19)25-17(26-11(2)20)7-8-18(16(17)24)15(23)6-4-12-3-5-13(21)14(22)9-12/h3-6,9,21-22H,7-8H2,1-2H3/b6-4+. The highest BCUT2D eigenvalue weighted by Crippen LogP contribution is 2.30. The predicted molar refractivity (Wildman–Crippen MR) is 86.4 cm³/mol. The number of benzene rings is 1. The molecule has 0 spiro atoms. The molecular formula is C17H17NO8. The van der Waals surface area contributed by atoms with Crippen molar-refractivity contribution in [2.45, 2.75) is 26.1 Å². The van der Waals surface area contributed by atoms with Gasteiger partial charge in [-0.1, -0.05) is 6.07 Å². The third kappa shape index (κ3) is 4.00. The van der Waals surface area contributed by atoms with Crippen LogP contribution in [0, 0.1) is 0 Å². The van der Waals surface area contributed by atoms with Gasteiger partial charge in [-0.3, -0.25) is 24.1 Å². The lowest BCUT2D eigenvalue weighted by Crippen LogP contribution is -2.48. The molecular weight excluding hydrogens is 346 g/mol. The van der Waals surface area contributed by atoms with Crippen LogP contribution < -0.4 is 0 Å². The molecule has 0 radical (unpaired) electrons. The maximum Gasteiger partial charge on any atom is 0.338 e. The molecule has 1 aromatic carbocycles. The lowest BCUT2D eigenvalue weighted by molar-refractivity contribution is -0.222. The van der Waals surface area contributed by atoms with Gasteiger partial charge in [0.25, 0.3) is 5.91 Å². The van der Waals surface area contributed by atoms with Crippen LogP contribution in [0.2, 0.25) is 0 Å². The minimum atomic E-state index is -2.14. The molecule has 1 aromatic rings. The highest BCUT2D eigenvalue weighted by Gasteiger charge is 2.54. The second kappa shape index (κ2) is 7.26. The summed E-state index contributed by atoms with van der Waals surface area (Å²) in [7, 11) is 0. The molecule has 1 heterocycles. The molecule has 2 amide bonds. The van der Waals surface area contributed by atoms with Crippen molar-refractivity contribution in [1.82, 2.24) is 4.90 Å². The number of ether oxygens (including phenoxy) is 2. The van der Waals surface area contributed by atoms with Crippen molar-refractivity contribution in [3.05, 3.63) is 29.8 Å². The number of phenols is 2. The number of esters is 2. The molecule has 9 nitrogen and oxygen atoms in total. The normalized spacial score (nSPS) is 15.9. The van der Waals surface area contributed by atoms with Crippen LogP contribution in [0.5, 0.6) is 11.5 Å². The quantitative estimate of drug-likeness (QED) is 0.346. The van der Waals surface area contributed by atoms with Crippen LogP contribution in [0.1, 0.15) is 25.8 Å². The van der Waals surface area contributed by atoms with Crippen molar-refractivity contribution in [2.24, 2.45) is 0 Å². The van der Waals surface area contributed by atoms with Gasteiger partial charge < -0.3 is 19.7 Å². The summed E-state index contributed by atoms with van der Waals surface area (Å²) in [5, 5.41) is 18.7. The van der Waals surface area contributed by atoms with Crippen molar-refractivity contribution in [1.29, 1.82) is 0 Å². The minimum absolute atomic E-state index is 0.108. The van der Waals surface area contributed by atoms with Gasteiger partial charge in [0.2, 0.25) is 0 Å². The van der Waals surface area contributed by atoms with Crippen molar-refractivity contribution >= 4 is 29.8 Å². The van der Waals surface area contributed by atoms with E-state index in [1.165, 1.54) is 24.3 Å². The Morgan fingerprint density at radius 3 is 2.27 bits per heavy atom. The third-order valence-corrected chi connectivity index (χ3v) is 3.54. The van der Waals surface area contributed by atoms with Gasteiger partial charge in [-0.2, -0.15) is 0 Å².